The van der Waals surface area contributed by atoms with E-state index < -0.39 is 6.04 Å². The number of amides is 1. The molecule has 1 unspecified atom stereocenters. The number of nitrogens with one attached hydrogen (secondary N) is 1. The quantitative estimate of drug-likeness (QED) is 0.796. The Balaban J connectivity index is 2.00. The highest BCUT2D eigenvalue weighted by molar-refractivity contribution is 5.79. The highest BCUT2D eigenvalue weighted by atomic mass is 16.5. The predicted octanol–water partition coefficient (Wildman–Crippen LogP) is -0.0373. The smallest absolute Gasteiger partial charge is 0.322 e. The molecule has 0 aliphatic rings. The molecule has 9 nitrogen and oxygen atoms in total. The Labute approximate surface area is 121 Å². The van der Waals surface area contributed by atoms with Crippen LogP contribution in [0.5, 0.6) is 12.0 Å². The van der Waals surface area contributed by atoms with Crippen LogP contribution in [0, 0.1) is 0 Å². The lowest BCUT2D eigenvalue weighted by Crippen LogP contribution is -2.31. The highest BCUT2D eigenvalue weighted by Crippen LogP contribution is 2.09. The van der Waals surface area contributed by atoms with E-state index in [0.29, 0.717) is 5.82 Å². The molecule has 1 amide bonds. The summed E-state index contributed by atoms with van der Waals surface area (Å²) in [5.41, 5.74) is 0. The van der Waals surface area contributed by atoms with Crippen LogP contribution in [0.1, 0.15) is 18.8 Å². The second-order valence-corrected chi connectivity index (χ2v) is 4.10. The van der Waals surface area contributed by atoms with Crippen molar-refractivity contribution in [2.75, 3.05) is 14.2 Å². The maximum absolute atomic E-state index is 12.0. The average Bonchev–Trinajstić information content (AvgIpc) is 3.05. The van der Waals surface area contributed by atoms with Crippen molar-refractivity contribution in [3.05, 3.63) is 24.3 Å². The molecule has 0 aliphatic heterocycles. The van der Waals surface area contributed by atoms with Gasteiger partial charge in [0.05, 0.1) is 20.8 Å². The van der Waals surface area contributed by atoms with Crippen LogP contribution in [0.25, 0.3) is 0 Å². The minimum Gasteiger partial charge on any atom is -0.467 e. The van der Waals surface area contributed by atoms with Crippen molar-refractivity contribution in [3.63, 3.8) is 0 Å². The molecule has 2 aromatic rings. The van der Waals surface area contributed by atoms with Gasteiger partial charge in [-0.3, -0.25) is 9.48 Å². The monoisotopic (exact) mass is 292 g/mol. The molecule has 1 atom stereocenters. The Hall–Kier alpha value is -2.71. The maximum Gasteiger partial charge on any atom is 0.322 e. The third-order valence-corrected chi connectivity index (χ3v) is 2.73. The van der Waals surface area contributed by atoms with Crippen LogP contribution in [0.3, 0.4) is 0 Å². The van der Waals surface area contributed by atoms with E-state index in [1.54, 1.807) is 30.1 Å². The van der Waals surface area contributed by atoms with Gasteiger partial charge < -0.3 is 14.8 Å². The summed E-state index contributed by atoms with van der Waals surface area (Å²) in [6.07, 6.45) is 3.34. The lowest BCUT2D eigenvalue weighted by atomic mass is 10.3. The number of hydrogen-bond acceptors (Lipinski definition) is 7. The molecule has 0 spiro atoms. The molecule has 0 fully saturated rings. The zero-order valence-corrected chi connectivity index (χ0v) is 12.0. The average molecular weight is 292 g/mol. The van der Waals surface area contributed by atoms with Gasteiger partial charge in [-0.1, -0.05) is 0 Å². The third-order valence-electron chi connectivity index (χ3n) is 2.73. The molecule has 0 aromatic carbocycles. The first-order valence-electron chi connectivity index (χ1n) is 6.23. The van der Waals surface area contributed by atoms with E-state index in [1.165, 1.54) is 14.2 Å². The first kappa shape index (κ1) is 14.7. The van der Waals surface area contributed by atoms with Crippen LogP contribution in [0.2, 0.25) is 0 Å². The summed E-state index contributed by atoms with van der Waals surface area (Å²) < 4.78 is 11.4. The number of hydrogen-bond donors (Lipinski definition) is 1. The van der Waals surface area contributed by atoms with Gasteiger partial charge >= 0.3 is 12.0 Å². The summed E-state index contributed by atoms with van der Waals surface area (Å²) in [7, 11) is 2.88. The van der Waals surface area contributed by atoms with Crippen molar-refractivity contribution in [2.24, 2.45) is 0 Å². The Kier molecular flexibility index (Phi) is 4.64. The molecule has 112 valence electrons. The van der Waals surface area contributed by atoms with Gasteiger partial charge in [-0.25, -0.2) is 0 Å². The largest absolute Gasteiger partial charge is 0.467 e. The molecule has 2 heterocycles. The second kappa shape index (κ2) is 6.64. The summed E-state index contributed by atoms with van der Waals surface area (Å²) in [6, 6.07) is 1.59. The van der Waals surface area contributed by atoms with Gasteiger partial charge in [0.25, 0.3) is 0 Å². The number of nitrogens with zero attached hydrogens (tertiary/aromatic N) is 5. The Morgan fingerprint density at radius 1 is 1.29 bits per heavy atom. The molecule has 2 rings (SSSR count). The second-order valence-electron chi connectivity index (χ2n) is 4.10. The van der Waals surface area contributed by atoms with E-state index in [9.17, 15) is 4.79 Å². The minimum absolute atomic E-state index is 0.131. The topological polar surface area (TPSA) is 104 Å². The number of carbonyl (C=O) groups is 1. The van der Waals surface area contributed by atoms with Crippen molar-refractivity contribution in [1.29, 1.82) is 0 Å². The predicted molar refractivity (Wildman–Crippen MR) is 71.7 cm³/mol. The van der Waals surface area contributed by atoms with E-state index in [1.807, 2.05) is 0 Å². The minimum atomic E-state index is -0.425. The van der Waals surface area contributed by atoms with Gasteiger partial charge in [-0.2, -0.15) is 15.1 Å². The zero-order chi connectivity index (χ0) is 15.2. The van der Waals surface area contributed by atoms with Gasteiger partial charge in [0.15, 0.2) is 5.82 Å². The number of methoxy groups -OCH3 is 2. The van der Waals surface area contributed by atoms with Gasteiger partial charge in [0, 0.05) is 12.4 Å². The van der Waals surface area contributed by atoms with Gasteiger partial charge in [-0.15, -0.1) is 4.98 Å². The molecule has 0 aliphatic carbocycles. The Morgan fingerprint density at radius 3 is 2.48 bits per heavy atom. The summed E-state index contributed by atoms with van der Waals surface area (Å²) >= 11 is 0. The summed E-state index contributed by atoms with van der Waals surface area (Å²) in [5, 5.41) is 6.75. The summed E-state index contributed by atoms with van der Waals surface area (Å²) in [6.45, 7) is 1.89. The van der Waals surface area contributed by atoms with Gasteiger partial charge in [0.1, 0.15) is 6.04 Å². The molecule has 0 bridgehead atoms. The molecule has 2 aromatic heterocycles. The van der Waals surface area contributed by atoms with Crippen LogP contribution in [-0.2, 0) is 11.3 Å². The van der Waals surface area contributed by atoms with E-state index >= 15 is 0 Å². The van der Waals surface area contributed by atoms with Crippen LogP contribution in [0.4, 0.5) is 0 Å². The standard InChI is InChI=1S/C12H16N6O3/c1-8(18-6-4-5-14-18)10(19)13-7-9-15-11(20-2)17-12(16-9)21-3/h4-6,8H,7H2,1-3H3,(H,13,19). The highest BCUT2D eigenvalue weighted by Gasteiger charge is 2.15. The van der Waals surface area contributed by atoms with E-state index in [2.05, 4.69) is 25.4 Å². The Morgan fingerprint density at radius 2 is 1.95 bits per heavy atom. The third kappa shape index (κ3) is 3.65. The molecule has 0 saturated heterocycles. The molecule has 0 saturated carbocycles. The zero-order valence-electron chi connectivity index (χ0n) is 12.0. The lowest BCUT2D eigenvalue weighted by molar-refractivity contribution is -0.124. The molecular weight excluding hydrogens is 276 g/mol. The van der Waals surface area contributed by atoms with Crippen molar-refractivity contribution < 1.29 is 14.3 Å². The maximum atomic E-state index is 12.0. The molecule has 21 heavy (non-hydrogen) atoms. The first-order chi connectivity index (χ1) is 10.1. The van der Waals surface area contributed by atoms with Crippen LogP contribution in [0.15, 0.2) is 18.5 Å². The van der Waals surface area contributed by atoms with Crippen molar-refractivity contribution in [3.8, 4) is 12.0 Å². The SMILES string of the molecule is COc1nc(CNC(=O)C(C)n2cccn2)nc(OC)n1. The van der Waals surface area contributed by atoms with Crippen molar-refractivity contribution in [2.45, 2.75) is 19.5 Å². The lowest BCUT2D eigenvalue weighted by Gasteiger charge is -2.12. The first-order valence-corrected chi connectivity index (χ1v) is 6.23. The molecular formula is C12H16N6O3. The number of rotatable bonds is 6. The molecule has 9 heteroatoms. The number of carbonyl (C=O) groups excluding carboxylic acids is 1. The fraction of sp³-hybridized carbons (Fsp3) is 0.417. The van der Waals surface area contributed by atoms with E-state index in [0.717, 1.165) is 0 Å². The van der Waals surface area contributed by atoms with E-state index in [-0.39, 0.29) is 24.5 Å². The van der Waals surface area contributed by atoms with Crippen molar-refractivity contribution >= 4 is 5.91 Å². The fourth-order valence-electron chi connectivity index (χ4n) is 1.58. The van der Waals surface area contributed by atoms with E-state index in [4.69, 9.17) is 9.47 Å². The molecule has 1 N–H and O–H groups in total. The number of ether oxygens (including phenoxy) is 2. The fourth-order valence-corrected chi connectivity index (χ4v) is 1.58. The van der Waals surface area contributed by atoms with Crippen LogP contribution >= 0.6 is 0 Å². The van der Waals surface area contributed by atoms with Crippen LogP contribution in [-0.4, -0.2) is 44.9 Å². The van der Waals surface area contributed by atoms with Gasteiger partial charge in [0.2, 0.25) is 5.91 Å². The normalized spacial score (nSPS) is 11.8. The number of aromatic nitrogens is 5. The summed E-state index contributed by atoms with van der Waals surface area (Å²) in [4.78, 5) is 24.0. The van der Waals surface area contributed by atoms with Crippen LogP contribution < -0.4 is 14.8 Å². The Bertz CT molecular complexity index is 579. The molecule has 0 radical (unpaired) electrons. The summed E-state index contributed by atoms with van der Waals surface area (Å²) in [5.74, 6) is 0.150. The van der Waals surface area contributed by atoms with Gasteiger partial charge in [-0.05, 0) is 13.0 Å². The van der Waals surface area contributed by atoms with Crippen molar-refractivity contribution in [1.82, 2.24) is 30.0 Å².